The van der Waals surface area contributed by atoms with Gasteiger partial charge in [-0.05, 0) is 19.1 Å². The second kappa shape index (κ2) is 5.34. The van der Waals surface area contributed by atoms with Crippen molar-refractivity contribution in [3.8, 4) is 0 Å². The van der Waals surface area contributed by atoms with Crippen LogP contribution in [0.5, 0.6) is 0 Å². The number of carbonyl (C=O) groups excluding carboxylic acids is 1. The van der Waals surface area contributed by atoms with Crippen LogP contribution in [0.4, 0.5) is 0 Å². The summed E-state index contributed by atoms with van der Waals surface area (Å²) in [6.45, 7) is 3.77. The molecular weight excluding hydrogens is 254 g/mol. The van der Waals surface area contributed by atoms with Gasteiger partial charge in [0.25, 0.3) is 0 Å². The van der Waals surface area contributed by atoms with Crippen molar-refractivity contribution in [1.82, 2.24) is 9.55 Å². The third kappa shape index (κ3) is 2.23. The number of nitrogens with zero attached hydrogens (tertiary/aromatic N) is 2. The molecule has 0 saturated carbocycles. The first kappa shape index (κ1) is 13.3. The monoisotopic (exact) mass is 273 g/mol. The van der Waals surface area contributed by atoms with Crippen molar-refractivity contribution in [3.63, 3.8) is 0 Å². The first-order valence-corrected chi connectivity index (χ1v) is 7.01. The summed E-state index contributed by atoms with van der Waals surface area (Å²) in [6.07, 6.45) is 0.324. The molecular formula is C15H19N3O2. The third-order valence-corrected chi connectivity index (χ3v) is 3.92. The van der Waals surface area contributed by atoms with Gasteiger partial charge in [0.15, 0.2) is 0 Å². The van der Waals surface area contributed by atoms with Crippen LogP contribution in [0.25, 0.3) is 11.0 Å². The van der Waals surface area contributed by atoms with Gasteiger partial charge in [-0.25, -0.2) is 4.98 Å². The van der Waals surface area contributed by atoms with Crippen molar-refractivity contribution >= 4 is 16.8 Å². The van der Waals surface area contributed by atoms with E-state index in [2.05, 4.69) is 16.5 Å². The van der Waals surface area contributed by atoms with Crippen LogP contribution < -0.4 is 5.73 Å². The minimum absolute atomic E-state index is 0.125. The minimum Gasteiger partial charge on any atom is -0.379 e. The molecule has 2 aromatic rings. The summed E-state index contributed by atoms with van der Waals surface area (Å²) in [5.41, 5.74) is 7.91. The van der Waals surface area contributed by atoms with E-state index in [1.807, 2.05) is 24.3 Å². The number of aryl methyl sites for hydroxylation is 1. The van der Waals surface area contributed by atoms with Gasteiger partial charge in [-0.3, -0.25) is 4.79 Å². The fraction of sp³-hybridized carbons (Fsp3) is 0.467. The molecule has 0 aliphatic carbocycles. The van der Waals surface area contributed by atoms with Gasteiger partial charge in [0, 0.05) is 12.6 Å². The van der Waals surface area contributed by atoms with Crippen LogP contribution in [-0.2, 0) is 22.5 Å². The zero-order valence-corrected chi connectivity index (χ0v) is 11.6. The smallest absolute Gasteiger partial charge is 0.147 e. The average molecular weight is 273 g/mol. The number of Topliss-reactive ketones (excluding diaryl/α,β-unsaturated/α-hetero) is 1. The number of rotatable bonds is 4. The number of ether oxygens (including phenoxy) is 1. The van der Waals surface area contributed by atoms with Crippen molar-refractivity contribution < 1.29 is 9.53 Å². The maximum Gasteiger partial charge on any atom is 0.147 e. The minimum atomic E-state index is -0.194. The van der Waals surface area contributed by atoms with Gasteiger partial charge in [-0.1, -0.05) is 12.1 Å². The molecule has 2 unspecified atom stereocenters. The lowest BCUT2D eigenvalue weighted by molar-refractivity contribution is -0.122. The zero-order valence-electron chi connectivity index (χ0n) is 11.6. The quantitative estimate of drug-likeness (QED) is 0.907. The number of imidazole rings is 1. The molecule has 0 amide bonds. The predicted octanol–water partition coefficient (Wildman–Crippen LogP) is 1.14. The van der Waals surface area contributed by atoms with Crippen LogP contribution >= 0.6 is 0 Å². The molecule has 106 valence electrons. The van der Waals surface area contributed by atoms with Gasteiger partial charge < -0.3 is 15.0 Å². The topological polar surface area (TPSA) is 70.1 Å². The Balaban J connectivity index is 1.88. The van der Waals surface area contributed by atoms with Gasteiger partial charge in [-0.15, -0.1) is 0 Å². The number of hydrogen-bond donors (Lipinski definition) is 1. The van der Waals surface area contributed by atoms with Gasteiger partial charge in [0.1, 0.15) is 11.6 Å². The number of aromatic nitrogens is 2. The van der Waals surface area contributed by atoms with Crippen molar-refractivity contribution in [2.45, 2.75) is 25.9 Å². The molecule has 5 nitrogen and oxygen atoms in total. The molecule has 0 radical (unpaired) electrons. The Morgan fingerprint density at radius 2 is 2.25 bits per heavy atom. The van der Waals surface area contributed by atoms with Gasteiger partial charge >= 0.3 is 0 Å². The summed E-state index contributed by atoms with van der Waals surface area (Å²) < 4.78 is 7.36. The first-order valence-electron chi connectivity index (χ1n) is 7.01. The van der Waals surface area contributed by atoms with E-state index in [4.69, 9.17) is 10.5 Å². The number of ketones is 1. The summed E-state index contributed by atoms with van der Waals surface area (Å²) in [7, 11) is 0. The highest BCUT2D eigenvalue weighted by molar-refractivity contribution is 5.85. The van der Waals surface area contributed by atoms with E-state index in [-0.39, 0.29) is 17.7 Å². The van der Waals surface area contributed by atoms with Crippen LogP contribution in [0.15, 0.2) is 24.3 Å². The summed E-state index contributed by atoms with van der Waals surface area (Å²) >= 11 is 0. The second-order valence-corrected chi connectivity index (χ2v) is 5.21. The molecule has 2 heterocycles. The largest absolute Gasteiger partial charge is 0.379 e. The van der Waals surface area contributed by atoms with Crippen molar-refractivity contribution in [1.29, 1.82) is 0 Å². The van der Waals surface area contributed by atoms with E-state index in [9.17, 15) is 4.79 Å². The molecule has 3 rings (SSSR count). The molecule has 1 aromatic carbocycles. The highest BCUT2D eigenvalue weighted by Gasteiger charge is 2.31. The molecule has 1 aliphatic rings. The molecule has 0 bridgehead atoms. The summed E-state index contributed by atoms with van der Waals surface area (Å²) in [5, 5.41) is 0. The number of fused-ring (bicyclic) bond motifs is 1. The van der Waals surface area contributed by atoms with Crippen LogP contribution in [0.1, 0.15) is 12.7 Å². The van der Waals surface area contributed by atoms with Crippen molar-refractivity contribution in [2.24, 2.45) is 11.7 Å². The summed E-state index contributed by atoms with van der Waals surface area (Å²) in [6, 6.07) is 7.77. The Hall–Kier alpha value is -1.72. The maximum atomic E-state index is 12.4. The van der Waals surface area contributed by atoms with Crippen LogP contribution in [0.2, 0.25) is 0 Å². The highest BCUT2D eigenvalue weighted by Crippen LogP contribution is 2.19. The van der Waals surface area contributed by atoms with E-state index >= 15 is 0 Å². The van der Waals surface area contributed by atoms with E-state index in [1.54, 1.807) is 0 Å². The highest BCUT2D eigenvalue weighted by atomic mass is 16.5. The molecule has 5 heteroatoms. The predicted molar refractivity (Wildman–Crippen MR) is 76.4 cm³/mol. The number of hydrogen-bond acceptors (Lipinski definition) is 4. The Bertz CT molecular complexity index is 635. The van der Waals surface area contributed by atoms with E-state index in [1.165, 1.54) is 0 Å². The van der Waals surface area contributed by atoms with Crippen LogP contribution in [-0.4, -0.2) is 34.6 Å². The molecule has 2 atom stereocenters. The van der Waals surface area contributed by atoms with Crippen molar-refractivity contribution in [2.75, 3.05) is 13.2 Å². The lowest BCUT2D eigenvalue weighted by atomic mass is 9.97. The molecule has 1 saturated heterocycles. The Labute approximate surface area is 117 Å². The molecule has 1 aliphatic heterocycles. The Morgan fingerprint density at radius 3 is 2.95 bits per heavy atom. The normalized spacial score (nSPS) is 22.5. The molecule has 0 spiro atoms. The number of nitrogens with two attached hydrogens (primary N) is 1. The summed E-state index contributed by atoms with van der Waals surface area (Å²) in [4.78, 5) is 16.9. The molecule has 20 heavy (non-hydrogen) atoms. The van der Waals surface area contributed by atoms with E-state index < -0.39 is 0 Å². The van der Waals surface area contributed by atoms with E-state index in [0.717, 1.165) is 23.4 Å². The lowest BCUT2D eigenvalue weighted by Gasteiger charge is -2.12. The number of carbonyl (C=O) groups is 1. The second-order valence-electron chi connectivity index (χ2n) is 5.21. The van der Waals surface area contributed by atoms with Crippen molar-refractivity contribution in [3.05, 3.63) is 30.1 Å². The van der Waals surface area contributed by atoms with E-state index in [0.29, 0.717) is 19.6 Å². The third-order valence-electron chi connectivity index (χ3n) is 3.92. The lowest BCUT2D eigenvalue weighted by Crippen LogP contribution is -2.35. The van der Waals surface area contributed by atoms with Crippen LogP contribution in [0, 0.1) is 5.92 Å². The molecule has 1 fully saturated rings. The Morgan fingerprint density at radius 1 is 1.45 bits per heavy atom. The van der Waals surface area contributed by atoms with Gasteiger partial charge in [0.2, 0.25) is 0 Å². The fourth-order valence-corrected chi connectivity index (χ4v) is 2.80. The number of benzene rings is 1. The molecule has 1 aromatic heterocycles. The van der Waals surface area contributed by atoms with Gasteiger partial charge in [0.05, 0.1) is 36.6 Å². The maximum absolute atomic E-state index is 12.4. The zero-order chi connectivity index (χ0) is 14.1. The standard InChI is InChI=1S/C15H19N3O2/c1-2-18-13-6-4-3-5-12(13)17-15(18)7-14(19)10-8-20-9-11(10)16/h3-6,10-11H,2,7-9,16H2,1H3. The first-order chi connectivity index (χ1) is 9.70. The summed E-state index contributed by atoms with van der Waals surface area (Å²) in [5.74, 6) is 0.748. The van der Waals surface area contributed by atoms with Gasteiger partial charge in [-0.2, -0.15) is 0 Å². The molecule has 2 N–H and O–H groups in total. The fourth-order valence-electron chi connectivity index (χ4n) is 2.80. The SMILES string of the molecule is CCn1c(CC(=O)C2COCC2N)nc2ccccc21. The average Bonchev–Trinajstić information content (AvgIpc) is 3.01. The van der Waals surface area contributed by atoms with Crippen LogP contribution in [0.3, 0.4) is 0 Å². The Kier molecular flexibility index (Phi) is 3.54. The number of para-hydroxylation sites is 2.